The molecular formula is C14H19BN4O2. The molecule has 0 spiro atoms. The van der Waals surface area contributed by atoms with E-state index >= 15 is 0 Å². The highest BCUT2D eigenvalue weighted by molar-refractivity contribution is 6.62. The van der Waals surface area contributed by atoms with Gasteiger partial charge in [0.15, 0.2) is 0 Å². The molecule has 1 aromatic carbocycles. The zero-order valence-corrected chi connectivity index (χ0v) is 12.7. The third-order valence-corrected chi connectivity index (χ3v) is 4.34. The first-order valence-corrected chi connectivity index (χ1v) is 6.92. The second-order valence-electron chi connectivity index (χ2n) is 6.27. The summed E-state index contributed by atoms with van der Waals surface area (Å²) >= 11 is 0. The van der Waals surface area contributed by atoms with Crippen molar-refractivity contribution in [2.75, 3.05) is 5.43 Å². The minimum Gasteiger partial charge on any atom is -0.399 e. The van der Waals surface area contributed by atoms with Crippen LogP contribution in [0.25, 0.3) is 10.9 Å². The van der Waals surface area contributed by atoms with Gasteiger partial charge in [-0.2, -0.15) is 10.2 Å². The van der Waals surface area contributed by atoms with Gasteiger partial charge >= 0.3 is 7.12 Å². The summed E-state index contributed by atoms with van der Waals surface area (Å²) in [5, 5.41) is 8.88. The zero-order chi connectivity index (χ0) is 15.3. The van der Waals surface area contributed by atoms with Crippen LogP contribution in [0.3, 0.4) is 0 Å². The van der Waals surface area contributed by atoms with Gasteiger partial charge in [0.1, 0.15) is 0 Å². The van der Waals surface area contributed by atoms with Crippen molar-refractivity contribution < 1.29 is 9.31 Å². The molecule has 0 bridgehead atoms. The summed E-state index contributed by atoms with van der Waals surface area (Å²) in [4.78, 5) is 0. The molecule has 1 aromatic heterocycles. The third-order valence-electron chi connectivity index (χ3n) is 4.34. The molecule has 2 aromatic rings. The van der Waals surface area contributed by atoms with Crippen LogP contribution in [0.1, 0.15) is 27.7 Å². The van der Waals surface area contributed by atoms with Crippen LogP contribution in [0.4, 0.5) is 5.69 Å². The van der Waals surface area contributed by atoms with E-state index in [9.17, 15) is 0 Å². The molecule has 1 fully saturated rings. The maximum absolute atomic E-state index is 6.06. The quantitative estimate of drug-likeness (QED) is 0.490. The minimum atomic E-state index is -0.404. The van der Waals surface area contributed by atoms with Crippen molar-refractivity contribution in [3.8, 4) is 0 Å². The maximum atomic E-state index is 6.06. The molecule has 0 atom stereocenters. The highest BCUT2D eigenvalue weighted by Gasteiger charge is 2.51. The molecule has 1 aliphatic heterocycles. The predicted molar refractivity (Wildman–Crippen MR) is 83.1 cm³/mol. The number of nitrogen functional groups attached to an aromatic ring is 1. The number of aromatic nitrogens is 2. The first-order chi connectivity index (χ1) is 9.84. The highest BCUT2D eigenvalue weighted by Crippen LogP contribution is 2.36. The summed E-state index contributed by atoms with van der Waals surface area (Å²) in [6.45, 7) is 8.14. The lowest BCUT2D eigenvalue weighted by Crippen LogP contribution is -2.41. The van der Waals surface area contributed by atoms with Crippen LogP contribution in [-0.2, 0) is 9.31 Å². The maximum Gasteiger partial charge on any atom is 0.494 e. The van der Waals surface area contributed by atoms with Gasteiger partial charge in [-0.25, -0.2) is 0 Å². The molecule has 1 saturated heterocycles. The number of nitrogens with one attached hydrogen (secondary N) is 1. The van der Waals surface area contributed by atoms with Crippen LogP contribution in [0.2, 0.25) is 0 Å². The molecule has 21 heavy (non-hydrogen) atoms. The number of anilines is 1. The van der Waals surface area contributed by atoms with Gasteiger partial charge in [0, 0.05) is 5.39 Å². The van der Waals surface area contributed by atoms with Crippen molar-refractivity contribution in [2.24, 2.45) is 5.84 Å². The van der Waals surface area contributed by atoms with E-state index in [0.717, 1.165) is 22.1 Å². The SMILES string of the molecule is CC1(C)OB(c2ccc3nncc(NN)c3c2)OC1(C)C. The predicted octanol–water partition coefficient (Wildman–Crippen LogP) is 1.21. The number of benzene rings is 1. The second kappa shape index (κ2) is 4.66. The van der Waals surface area contributed by atoms with Crippen LogP contribution in [0.15, 0.2) is 24.4 Å². The molecule has 0 unspecified atom stereocenters. The van der Waals surface area contributed by atoms with E-state index in [-0.39, 0.29) is 11.2 Å². The third kappa shape index (κ3) is 2.27. The summed E-state index contributed by atoms with van der Waals surface area (Å²) < 4.78 is 12.1. The molecule has 0 saturated carbocycles. The van der Waals surface area contributed by atoms with Crippen molar-refractivity contribution >= 4 is 29.2 Å². The number of fused-ring (bicyclic) bond motifs is 1. The van der Waals surface area contributed by atoms with Crippen LogP contribution < -0.4 is 16.7 Å². The molecule has 6 nitrogen and oxygen atoms in total. The van der Waals surface area contributed by atoms with Gasteiger partial charge in [-0.3, -0.25) is 5.84 Å². The topological polar surface area (TPSA) is 82.3 Å². The summed E-state index contributed by atoms with van der Waals surface area (Å²) in [5.74, 6) is 5.53. The lowest BCUT2D eigenvalue weighted by Gasteiger charge is -2.32. The lowest BCUT2D eigenvalue weighted by atomic mass is 9.78. The Balaban J connectivity index is 2.03. The molecule has 0 amide bonds. The number of hydrogen-bond donors (Lipinski definition) is 2. The van der Waals surface area contributed by atoms with E-state index < -0.39 is 7.12 Å². The van der Waals surface area contributed by atoms with Crippen molar-refractivity contribution in [2.45, 2.75) is 38.9 Å². The van der Waals surface area contributed by atoms with Crippen LogP contribution >= 0.6 is 0 Å². The van der Waals surface area contributed by atoms with Crippen molar-refractivity contribution in [1.29, 1.82) is 0 Å². The molecule has 2 heterocycles. The van der Waals surface area contributed by atoms with Gasteiger partial charge < -0.3 is 14.7 Å². The molecule has 0 radical (unpaired) electrons. The smallest absolute Gasteiger partial charge is 0.399 e. The van der Waals surface area contributed by atoms with E-state index in [4.69, 9.17) is 15.2 Å². The number of rotatable bonds is 2. The summed E-state index contributed by atoms with van der Waals surface area (Å²) in [5.41, 5.74) is 4.34. The van der Waals surface area contributed by atoms with Gasteiger partial charge in [-0.05, 0) is 39.2 Å². The van der Waals surface area contributed by atoms with Gasteiger partial charge in [0.05, 0.1) is 28.6 Å². The molecule has 3 N–H and O–H groups in total. The van der Waals surface area contributed by atoms with E-state index in [1.54, 1.807) is 6.20 Å². The molecule has 0 aliphatic carbocycles. The lowest BCUT2D eigenvalue weighted by molar-refractivity contribution is 0.00578. The number of hydrogen-bond acceptors (Lipinski definition) is 6. The zero-order valence-electron chi connectivity index (χ0n) is 12.7. The Kier molecular flexibility index (Phi) is 3.16. The second-order valence-corrected chi connectivity index (χ2v) is 6.27. The Hall–Kier alpha value is -1.70. The average molecular weight is 286 g/mol. The first kappa shape index (κ1) is 14.3. The fourth-order valence-electron chi connectivity index (χ4n) is 2.32. The number of nitrogens with zero attached hydrogens (tertiary/aromatic N) is 2. The Morgan fingerprint density at radius 2 is 1.81 bits per heavy atom. The van der Waals surface area contributed by atoms with E-state index in [0.29, 0.717) is 0 Å². The first-order valence-electron chi connectivity index (χ1n) is 6.92. The fourth-order valence-corrected chi connectivity index (χ4v) is 2.32. The standard InChI is InChI=1S/C14H19BN4O2/c1-13(2)14(3,4)21-15(20-13)9-5-6-11-10(7-9)12(18-16)8-17-19-11/h5-8H,16H2,1-4H3,(H,18,19). The Morgan fingerprint density at radius 3 is 2.43 bits per heavy atom. The van der Waals surface area contributed by atoms with E-state index in [1.807, 2.05) is 45.9 Å². The average Bonchev–Trinajstić information content (AvgIpc) is 2.66. The van der Waals surface area contributed by atoms with Gasteiger partial charge in [0.25, 0.3) is 0 Å². The summed E-state index contributed by atoms with van der Waals surface area (Å²) in [6, 6.07) is 5.81. The molecule has 3 rings (SSSR count). The van der Waals surface area contributed by atoms with Crippen molar-refractivity contribution in [1.82, 2.24) is 10.2 Å². The molecule has 1 aliphatic rings. The summed E-state index contributed by atoms with van der Waals surface area (Å²) in [7, 11) is -0.404. The largest absolute Gasteiger partial charge is 0.494 e. The number of hydrazine groups is 1. The van der Waals surface area contributed by atoms with Crippen LogP contribution in [0.5, 0.6) is 0 Å². The monoisotopic (exact) mass is 286 g/mol. The van der Waals surface area contributed by atoms with Gasteiger partial charge in [-0.1, -0.05) is 12.1 Å². The van der Waals surface area contributed by atoms with Crippen molar-refractivity contribution in [3.05, 3.63) is 24.4 Å². The Labute approximate surface area is 124 Å². The van der Waals surface area contributed by atoms with Crippen molar-refractivity contribution in [3.63, 3.8) is 0 Å². The molecule has 110 valence electrons. The normalized spacial score (nSPS) is 20.0. The Morgan fingerprint density at radius 1 is 1.14 bits per heavy atom. The van der Waals surface area contributed by atoms with Crippen LogP contribution in [-0.4, -0.2) is 28.5 Å². The van der Waals surface area contributed by atoms with Crippen LogP contribution in [0, 0.1) is 0 Å². The van der Waals surface area contributed by atoms with Gasteiger partial charge in [0.2, 0.25) is 0 Å². The number of nitrogens with two attached hydrogens (primary N) is 1. The van der Waals surface area contributed by atoms with Gasteiger partial charge in [-0.15, -0.1) is 0 Å². The Bertz CT molecular complexity index is 674. The summed E-state index contributed by atoms with van der Waals surface area (Å²) in [6.07, 6.45) is 1.59. The minimum absolute atomic E-state index is 0.363. The highest BCUT2D eigenvalue weighted by atomic mass is 16.7. The fraction of sp³-hybridized carbons (Fsp3) is 0.429. The molecule has 7 heteroatoms. The van der Waals surface area contributed by atoms with E-state index in [1.165, 1.54) is 0 Å². The molecular weight excluding hydrogens is 267 g/mol. The van der Waals surface area contributed by atoms with E-state index in [2.05, 4.69) is 15.6 Å².